The number of ketones is 1. The molecule has 38 heavy (non-hydrogen) atoms. The van der Waals surface area contributed by atoms with E-state index in [-0.39, 0.29) is 11.7 Å². The molecule has 0 radical (unpaired) electrons. The van der Waals surface area contributed by atoms with Gasteiger partial charge in [-0.1, -0.05) is 18.2 Å². The molecule has 7 heteroatoms. The average molecular weight is 517 g/mol. The van der Waals surface area contributed by atoms with Crippen molar-refractivity contribution >= 4 is 39.7 Å². The summed E-state index contributed by atoms with van der Waals surface area (Å²) in [5.74, 6) is 0.653. The van der Waals surface area contributed by atoms with Gasteiger partial charge in [-0.05, 0) is 79.3 Å². The van der Waals surface area contributed by atoms with E-state index in [1.54, 1.807) is 29.8 Å². The summed E-state index contributed by atoms with van der Waals surface area (Å²) in [6.45, 7) is 0.514. The van der Waals surface area contributed by atoms with Crippen LogP contribution in [0.5, 0.6) is 0 Å². The molecule has 5 aromatic rings. The SMILES string of the molecule is O=C(CC1CC1)c1cc2c(s1)-c1ccccc1N(C(=O)c1ccc3ccc(-c4ccncc4)nc3n1)CC2. The van der Waals surface area contributed by atoms with E-state index in [9.17, 15) is 9.59 Å². The first-order valence-corrected chi connectivity index (χ1v) is 13.7. The molecule has 4 aromatic heterocycles. The summed E-state index contributed by atoms with van der Waals surface area (Å²) in [6.07, 6.45) is 7.13. The maximum absolute atomic E-state index is 13.9. The van der Waals surface area contributed by atoms with Gasteiger partial charge in [0.1, 0.15) is 5.69 Å². The van der Waals surface area contributed by atoms with Crippen LogP contribution in [-0.4, -0.2) is 33.2 Å². The van der Waals surface area contributed by atoms with Crippen molar-refractivity contribution in [2.45, 2.75) is 25.7 Å². The van der Waals surface area contributed by atoms with Gasteiger partial charge in [0, 0.05) is 46.7 Å². The molecule has 0 spiro atoms. The molecule has 1 saturated carbocycles. The van der Waals surface area contributed by atoms with Gasteiger partial charge in [-0.2, -0.15) is 0 Å². The fourth-order valence-electron chi connectivity index (χ4n) is 5.07. The van der Waals surface area contributed by atoms with Crippen molar-refractivity contribution in [3.8, 4) is 21.7 Å². The van der Waals surface area contributed by atoms with Gasteiger partial charge in [0.2, 0.25) is 0 Å². The van der Waals surface area contributed by atoms with Gasteiger partial charge in [0.05, 0.1) is 16.3 Å². The fraction of sp³-hybridized carbons (Fsp3) is 0.194. The molecule has 0 atom stereocenters. The Morgan fingerprint density at radius 2 is 1.76 bits per heavy atom. The monoisotopic (exact) mass is 516 g/mol. The highest BCUT2D eigenvalue weighted by atomic mass is 32.1. The number of amides is 1. The van der Waals surface area contributed by atoms with Crippen LogP contribution < -0.4 is 4.90 Å². The van der Waals surface area contributed by atoms with Crippen LogP contribution in [0.1, 0.15) is 45.0 Å². The number of anilines is 1. The van der Waals surface area contributed by atoms with E-state index in [0.29, 0.717) is 36.6 Å². The molecular weight excluding hydrogens is 492 g/mol. The molecule has 1 fully saturated rings. The van der Waals surface area contributed by atoms with E-state index in [1.807, 2.05) is 65.6 Å². The quantitative estimate of drug-likeness (QED) is 0.246. The minimum absolute atomic E-state index is 0.157. The van der Waals surface area contributed by atoms with Crippen molar-refractivity contribution < 1.29 is 9.59 Å². The molecule has 1 aliphatic heterocycles. The number of thiophene rings is 1. The smallest absolute Gasteiger partial charge is 0.276 e. The number of pyridine rings is 3. The highest BCUT2D eigenvalue weighted by Crippen LogP contribution is 2.43. The van der Waals surface area contributed by atoms with Gasteiger partial charge in [0.15, 0.2) is 11.4 Å². The van der Waals surface area contributed by atoms with Crippen LogP contribution in [0, 0.1) is 5.92 Å². The molecule has 186 valence electrons. The van der Waals surface area contributed by atoms with Crippen molar-refractivity contribution in [3.05, 3.63) is 95.3 Å². The maximum Gasteiger partial charge on any atom is 0.276 e. The average Bonchev–Trinajstić information content (AvgIpc) is 3.71. The number of Topliss-reactive ketones (excluding diaryl/α,β-unsaturated/α-hetero) is 1. The molecule has 6 nitrogen and oxygen atoms in total. The number of para-hydroxylation sites is 1. The Labute approximate surface area is 224 Å². The van der Waals surface area contributed by atoms with E-state index in [2.05, 4.69) is 9.97 Å². The van der Waals surface area contributed by atoms with Crippen LogP contribution in [0.2, 0.25) is 0 Å². The van der Waals surface area contributed by atoms with Gasteiger partial charge in [-0.25, -0.2) is 9.97 Å². The zero-order valence-corrected chi connectivity index (χ0v) is 21.4. The molecule has 0 saturated heterocycles. The van der Waals surface area contributed by atoms with Crippen LogP contribution in [0.15, 0.2) is 79.1 Å². The van der Waals surface area contributed by atoms with Gasteiger partial charge in [-0.3, -0.25) is 14.6 Å². The molecule has 0 N–H and O–H groups in total. The summed E-state index contributed by atoms with van der Waals surface area (Å²) >= 11 is 1.56. The highest BCUT2D eigenvalue weighted by molar-refractivity contribution is 7.17. The Morgan fingerprint density at radius 3 is 2.61 bits per heavy atom. The lowest BCUT2D eigenvalue weighted by Crippen LogP contribution is -2.33. The fourth-order valence-corrected chi connectivity index (χ4v) is 6.26. The van der Waals surface area contributed by atoms with Gasteiger partial charge < -0.3 is 4.90 Å². The first kappa shape index (κ1) is 22.9. The summed E-state index contributed by atoms with van der Waals surface area (Å²) in [4.78, 5) is 43.9. The number of rotatable bonds is 5. The number of hydrogen-bond donors (Lipinski definition) is 0. The third-order valence-electron chi connectivity index (χ3n) is 7.29. The van der Waals surface area contributed by atoms with Crippen LogP contribution in [0.25, 0.3) is 32.7 Å². The Bertz CT molecular complexity index is 1710. The third kappa shape index (κ3) is 4.19. The largest absolute Gasteiger partial charge is 0.306 e. The molecule has 0 unspecified atom stereocenters. The lowest BCUT2D eigenvalue weighted by atomic mass is 10.1. The number of benzene rings is 1. The molecule has 5 heterocycles. The minimum Gasteiger partial charge on any atom is -0.306 e. The van der Waals surface area contributed by atoms with Gasteiger partial charge >= 0.3 is 0 Å². The van der Waals surface area contributed by atoms with Crippen LogP contribution in [0.4, 0.5) is 5.69 Å². The zero-order valence-electron chi connectivity index (χ0n) is 20.6. The van der Waals surface area contributed by atoms with Crippen LogP contribution in [0.3, 0.4) is 0 Å². The zero-order chi connectivity index (χ0) is 25.6. The number of hydrogen-bond acceptors (Lipinski definition) is 6. The molecule has 1 aliphatic carbocycles. The normalized spacial score (nSPS) is 14.6. The maximum atomic E-state index is 13.9. The predicted octanol–water partition coefficient (Wildman–Crippen LogP) is 6.61. The van der Waals surface area contributed by atoms with E-state index in [4.69, 9.17) is 4.98 Å². The number of nitrogens with zero attached hydrogens (tertiary/aromatic N) is 4. The van der Waals surface area contributed by atoms with Crippen molar-refractivity contribution in [2.24, 2.45) is 5.92 Å². The van der Waals surface area contributed by atoms with Crippen molar-refractivity contribution in [2.75, 3.05) is 11.4 Å². The summed E-state index contributed by atoms with van der Waals surface area (Å²) in [6, 6.07) is 21.4. The second-order valence-electron chi connectivity index (χ2n) is 9.94. The molecule has 7 rings (SSSR count). The van der Waals surface area contributed by atoms with Crippen molar-refractivity contribution in [1.29, 1.82) is 0 Å². The number of carbonyl (C=O) groups excluding carboxylic acids is 2. The second kappa shape index (κ2) is 9.26. The van der Waals surface area contributed by atoms with Crippen molar-refractivity contribution in [3.63, 3.8) is 0 Å². The first-order chi connectivity index (χ1) is 18.6. The summed E-state index contributed by atoms with van der Waals surface area (Å²) in [7, 11) is 0. The Hall–Kier alpha value is -4.23. The lowest BCUT2D eigenvalue weighted by Gasteiger charge is -2.22. The second-order valence-corrected chi connectivity index (χ2v) is 11.0. The Balaban J connectivity index is 1.23. The summed E-state index contributed by atoms with van der Waals surface area (Å²) in [5, 5.41) is 0.876. The van der Waals surface area contributed by atoms with E-state index in [1.165, 1.54) is 12.8 Å². The first-order valence-electron chi connectivity index (χ1n) is 12.9. The topological polar surface area (TPSA) is 76.1 Å². The van der Waals surface area contributed by atoms with E-state index >= 15 is 0 Å². The molecular formula is C31H24N4O2S. The standard InChI is InChI=1S/C31H24N4O2S/c36-27(17-19-5-6-19)28-18-22-13-16-35(26-4-2-1-3-23(26)29(22)38-28)31(37)25-10-8-21-7-9-24(33-30(21)34-25)20-11-14-32-15-12-20/h1-4,7-12,14-15,18-19H,5-6,13,16-17H2. The number of fused-ring (bicyclic) bond motifs is 4. The highest BCUT2D eigenvalue weighted by Gasteiger charge is 2.30. The molecule has 0 bridgehead atoms. The van der Waals surface area contributed by atoms with Crippen LogP contribution in [-0.2, 0) is 6.42 Å². The summed E-state index contributed by atoms with van der Waals surface area (Å²) in [5.41, 5.74) is 5.59. The number of aromatic nitrogens is 3. The van der Waals surface area contributed by atoms with Gasteiger partial charge in [0.25, 0.3) is 5.91 Å². The third-order valence-corrected chi connectivity index (χ3v) is 8.54. The molecule has 2 aliphatic rings. The minimum atomic E-state index is -0.157. The molecule has 1 aromatic carbocycles. The number of carbonyl (C=O) groups is 2. The van der Waals surface area contributed by atoms with E-state index < -0.39 is 0 Å². The summed E-state index contributed by atoms with van der Waals surface area (Å²) < 4.78 is 0. The molecule has 1 amide bonds. The van der Waals surface area contributed by atoms with Crippen molar-refractivity contribution in [1.82, 2.24) is 15.0 Å². The van der Waals surface area contributed by atoms with E-state index in [0.717, 1.165) is 43.2 Å². The Kier molecular flexibility index (Phi) is 5.59. The predicted molar refractivity (Wildman–Crippen MR) is 150 cm³/mol. The Morgan fingerprint density at radius 1 is 0.947 bits per heavy atom. The van der Waals surface area contributed by atoms with Crippen LogP contribution >= 0.6 is 11.3 Å². The van der Waals surface area contributed by atoms with Gasteiger partial charge in [-0.15, -0.1) is 11.3 Å². The lowest BCUT2D eigenvalue weighted by molar-refractivity contribution is 0.0972.